The molecule has 182 valence electrons. The van der Waals surface area contributed by atoms with Gasteiger partial charge in [0.15, 0.2) is 11.2 Å². The van der Waals surface area contributed by atoms with Gasteiger partial charge in [0.05, 0.1) is 12.1 Å². The molecule has 1 aliphatic rings. The Bertz CT molecular complexity index is 1360. The van der Waals surface area contributed by atoms with Crippen molar-refractivity contribution in [1.29, 1.82) is 0 Å². The van der Waals surface area contributed by atoms with Crippen LogP contribution in [0.1, 0.15) is 30.4 Å². The van der Waals surface area contributed by atoms with Crippen molar-refractivity contribution in [3.8, 4) is 0 Å². The minimum absolute atomic E-state index is 0.133. The topological polar surface area (TPSA) is 120 Å². The molecular weight excluding hydrogens is 459 g/mol. The number of alkyl halides is 3. The molecule has 1 aliphatic carbocycles. The zero-order valence-electron chi connectivity index (χ0n) is 18.3. The Kier molecular flexibility index (Phi) is 5.87. The van der Waals surface area contributed by atoms with E-state index < -0.39 is 35.2 Å². The summed E-state index contributed by atoms with van der Waals surface area (Å²) in [4.78, 5) is 41.2. The predicted molar refractivity (Wildman–Crippen MR) is 115 cm³/mol. The molecule has 10 nitrogen and oxygen atoms in total. The van der Waals surface area contributed by atoms with Gasteiger partial charge in [-0.25, -0.2) is 9.59 Å². The Morgan fingerprint density at radius 1 is 1.18 bits per heavy atom. The second-order valence-electron chi connectivity index (χ2n) is 8.25. The molecule has 0 saturated heterocycles. The molecule has 0 bridgehead atoms. The molecular formula is C21H22F3N5O5. The van der Waals surface area contributed by atoms with Crippen molar-refractivity contribution >= 4 is 23.3 Å². The van der Waals surface area contributed by atoms with Crippen molar-refractivity contribution in [3.05, 3.63) is 56.2 Å². The third kappa shape index (κ3) is 4.37. The molecule has 0 radical (unpaired) electrons. The van der Waals surface area contributed by atoms with Crippen LogP contribution in [0.4, 0.5) is 23.9 Å². The van der Waals surface area contributed by atoms with E-state index in [0.29, 0.717) is 30.8 Å². The molecule has 2 atom stereocenters. The van der Waals surface area contributed by atoms with Crippen LogP contribution in [-0.4, -0.2) is 42.1 Å². The molecule has 1 aromatic carbocycles. The highest BCUT2D eigenvalue weighted by molar-refractivity contribution is 5.74. The van der Waals surface area contributed by atoms with E-state index >= 15 is 0 Å². The number of aromatic nitrogens is 4. The highest BCUT2D eigenvalue weighted by Gasteiger charge is 2.31. The van der Waals surface area contributed by atoms with Gasteiger partial charge in [0, 0.05) is 26.6 Å². The van der Waals surface area contributed by atoms with Crippen molar-refractivity contribution < 1.29 is 27.8 Å². The van der Waals surface area contributed by atoms with E-state index in [2.05, 4.69) is 10.3 Å². The van der Waals surface area contributed by atoms with E-state index in [-0.39, 0.29) is 23.8 Å². The van der Waals surface area contributed by atoms with Gasteiger partial charge in [-0.1, -0.05) is 12.1 Å². The van der Waals surface area contributed by atoms with Gasteiger partial charge >= 0.3 is 18.0 Å². The Labute approximate surface area is 190 Å². The Balaban J connectivity index is 1.65. The number of nitrogens with one attached hydrogen (secondary N) is 1. The van der Waals surface area contributed by atoms with Gasteiger partial charge in [-0.2, -0.15) is 18.2 Å². The third-order valence-electron chi connectivity index (χ3n) is 5.97. The van der Waals surface area contributed by atoms with Gasteiger partial charge in [0.1, 0.15) is 6.10 Å². The van der Waals surface area contributed by atoms with Crippen LogP contribution >= 0.6 is 0 Å². The molecule has 1 saturated carbocycles. The molecule has 0 amide bonds. The van der Waals surface area contributed by atoms with E-state index in [1.165, 1.54) is 28.3 Å². The Morgan fingerprint density at radius 2 is 1.85 bits per heavy atom. The van der Waals surface area contributed by atoms with Gasteiger partial charge in [-0.3, -0.25) is 13.9 Å². The van der Waals surface area contributed by atoms with Crippen LogP contribution in [0.2, 0.25) is 0 Å². The van der Waals surface area contributed by atoms with Gasteiger partial charge in [-0.15, -0.1) is 0 Å². The largest absolute Gasteiger partial charge is 0.506 e. The van der Waals surface area contributed by atoms with Gasteiger partial charge < -0.3 is 19.7 Å². The maximum Gasteiger partial charge on any atom is 0.506 e. The SMILES string of the molecule is Cn1c(NC2CCC(OC(=O)O)C2)nc2c1c(=O)n(Cc1ccc(C(F)(F)F)cc1)c(=O)n2C. The molecule has 2 unspecified atom stereocenters. The van der Waals surface area contributed by atoms with Crippen LogP contribution in [-0.2, 0) is 31.6 Å². The van der Waals surface area contributed by atoms with Crippen molar-refractivity contribution in [2.45, 2.75) is 44.1 Å². The fraction of sp³-hybridized carbons (Fsp3) is 0.429. The van der Waals surface area contributed by atoms with Crippen LogP contribution in [0.15, 0.2) is 33.9 Å². The number of halogens is 3. The first-order valence-corrected chi connectivity index (χ1v) is 10.4. The molecule has 2 aromatic heterocycles. The van der Waals surface area contributed by atoms with Crippen LogP contribution in [0.5, 0.6) is 0 Å². The first-order chi connectivity index (χ1) is 16.0. The fourth-order valence-electron chi connectivity index (χ4n) is 4.20. The second-order valence-corrected chi connectivity index (χ2v) is 8.25. The van der Waals surface area contributed by atoms with E-state index in [1.807, 2.05) is 0 Å². The lowest BCUT2D eigenvalue weighted by molar-refractivity contribution is -0.137. The maximum absolute atomic E-state index is 13.2. The molecule has 1 fully saturated rings. The van der Waals surface area contributed by atoms with Crippen molar-refractivity contribution in [2.75, 3.05) is 5.32 Å². The third-order valence-corrected chi connectivity index (χ3v) is 5.97. The van der Waals surface area contributed by atoms with Crippen LogP contribution in [0, 0.1) is 0 Å². The van der Waals surface area contributed by atoms with E-state index in [9.17, 15) is 27.6 Å². The number of ether oxygens (including phenoxy) is 1. The minimum atomic E-state index is -4.48. The number of carbonyl (C=O) groups is 1. The number of rotatable bonds is 5. The normalized spacial score (nSPS) is 18.4. The standard InChI is InChI=1S/C21H22F3N5O5/c1-27-15-16(26-18(27)25-13-7-8-14(9-13)34-20(32)33)28(2)19(31)29(17(15)30)10-11-3-5-12(6-4-11)21(22,23)24/h3-6,13-14H,7-10H2,1-2H3,(H,25,26)(H,32,33). The molecule has 13 heteroatoms. The number of carboxylic acid groups (broad SMARTS) is 1. The van der Waals surface area contributed by atoms with Crippen molar-refractivity contribution in [3.63, 3.8) is 0 Å². The maximum atomic E-state index is 13.2. The molecule has 0 aliphatic heterocycles. The summed E-state index contributed by atoms with van der Waals surface area (Å²) < 4.78 is 46.9. The summed E-state index contributed by atoms with van der Waals surface area (Å²) in [5, 5.41) is 12.0. The molecule has 3 aromatic rings. The van der Waals surface area contributed by atoms with Crippen LogP contribution in [0.25, 0.3) is 11.2 Å². The van der Waals surface area contributed by atoms with Crippen molar-refractivity contribution in [2.24, 2.45) is 14.1 Å². The van der Waals surface area contributed by atoms with E-state index in [1.54, 1.807) is 7.05 Å². The fourth-order valence-corrected chi connectivity index (χ4v) is 4.20. The van der Waals surface area contributed by atoms with E-state index in [0.717, 1.165) is 16.7 Å². The summed E-state index contributed by atoms with van der Waals surface area (Å²) in [6.45, 7) is -0.204. The number of hydrogen-bond acceptors (Lipinski definition) is 6. The van der Waals surface area contributed by atoms with Gasteiger partial charge in [0.2, 0.25) is 5.95 Å². The van der Waals surface area contributed by atoms with Crippen molar-refractivity contribution in [1.82, 2.24) is 18.7 Å². The molecule has 34 heavy (non-hydrogen) atoms. The van der Waals surface area contributed by atoms with Crippen LogP contribution in [0.3, 0.4) is 0 Å². The number of anilines is 1. The molecule has 2 heterocycles. The van der Waals surface area contributed by atoms with E-state index in [4.69, 9.17) is 9.84 Å². The lowest BCUT2D eigenvalue weighted by Gasteiger charge is -2.13. The number of aryl methyl sites for hydroxylation is 2. The summed E-state index contributed by atoms with van der Waals surface area (Å²) >= 11 is 0. The lowest BCUT2D eigenvalue weighted by Crippen LogP contribution is -2.39. The number of hydrogen-bond donors (Lipinski definition) is 2. The Hall–Kier alpha value is -3.77. The highest BCUT2D eigenvalue weighted by atomic mass is 19.4. The first kappa shape index (κ1) is 23.4. The second kappa shape index (κ2) is 8.54. The zero-order valence-corrected chi connectivity index (χ0v) is 18.3. The van der Waals surface area contributed by atoms with Gasteiger partial charge in [0.25, 0.3) is 5.56 Å². The number of nitrogens with zero attached hydrogens (tertiary/aromatic N) is 4. The summed E-state index contributed by atoms with van der Waals surface area (Å²) in [7, 11) is 3.06. The lowest BCUT2D eigenvalue weighted by atomic mass is 10.1. The van der Waals surface area contributed by atoms with Crippen LogP contribution < -0.4 is 16.6 Å². The molecule has 0 spiro atoms. The average Bonchev–Trinajstić information content (AvgIpc) is 3.33. The monoisotopic (exact) mass is 481 g/mol. The Morgan fingerprint density at radius 3 is 2.47 bits per heavy atom. The summed E-state index contributed by atoms with van der Waals surface area (Å²) in [6, 6.07) is 4.12. The average molecular weight is 481 g/mol. The molecule has 4 rings (SSSR count). The smallest absolute Gasteiger partial charge is 0.450 e. The quantitative estimate of drug-likeness (QED) is 0.538. The summed E-state index contributed by atoms with van der Waals surface area (Å²) in [6.07, 6.45) is -4.63. The summed E-state index contributed by atoms with van der Waals surface area (Å²) in [5.41, 5.74) is -1.44. The van der Waals surface area contributed by atoms with Gasteiger partial charge in [-0.05, 0) is 30.5 Å². The summed E-state index contributed by atoms with van der Waals surface area (Å²) in [5.74, 6) is 0.329. The predicted octanol–water partition coefficient (Wildman–Crippen LogP) is 2.53. The number of benzene rings is 1. The number of imidazole rings is 1. The molecule has 2 N–H and O–H groups in total. The highest BCUT2D eigenvalue weighted by Crippen LogP contribution is 2.29. The number of fused-ring (bicyclic) bond motifs is 1. The zero-order chi connectivity index (χ0) is 24.8. The minimum Gasteiger partial charge on any atom is -0.450 e. The first-order valence-electron chi connectivity index (χ1n) is 10.4.